The maximum Gasteiger partial charge on any atom is 1.00 e. The van der Waals surface area contributed by atoms with Crippen molar-refractivity contribution in [3.05, 3.63) is 233 Å². The average molecular weight is 1750 g/mol. The van der Waals surface area contributed by atoms with Crippen molar-refractivity contribution >= 4 is 130 Å². The van der Waals surface area contributed by atoms with Crippen LogP contribution in [0.3, 0.4) is 0 Å². The van der Waals surface area contributed by atoms with Crippen LogP contribution in [0.4, 0.5) is 22.7 Å². The Morgan fingerprint density at radius 3 is 1.62 bits per heavy atom. The summed E-state index contributed by atoms with van der Waals surface area (Å²) in [5.74, 6) is -5.56. The van der Waals surface area contributed by atoms with Gasteiger partial charge in [0.2, 0.25) is 11.4 Å². The number of aryl methyl sites for hydroxylation is 1. The Hall–Kier alpha value is -8.67. The zero-order valence-electron chi connectivity index (χ0n) is 68.8. The van der Waals surface area contributed by atoms with Crippen molar-refractivity contribution < 1.29 is 133 Å². The van der Waals surface area contributed by atoms with Gasteiger partial charge in [0.25, 0.3) is 11.8 Å². The number of allylic oxidation sites excluding steroid dienone is 16. The topological polar surface area (TPSA) is 399 Å². The van der Waals surface area contributed by atoms with Crippen molar-refractivity contribution in [3.8, 4) is 0 Å². The summed E-state index contributed by atoms with van der Waals surface area (Å²) in [7, 11) is -23.0. The average Bonchev–Trinajstić information content (AvgIpc) is 1.58. The molecular formula is C88H100N5NaO21S5-2. The summed E-state index contributed by atoms with van der Waals surface area (Å²) in [6.07, 6.45) is 31.6. The first-order valence-electron chi connectivity index (χ1n) is 39.5. The van der Waals surface area contributed by atoms with E-state index in [2.05, 4.69) is 116 Å². The normalized spacial score (nSPS) is 19.1. The van der Waals surface area contributed by atoms with Crippen LogP contribution in [0.25, 0.3) is 21.5 Å². The number of hydroxylamine groups is 2. The first-order chi connectivity index (χ1) is 55.8. The molecule has 636 valence electrons. The number of hydrogen-bond acceptors (Lipinski definition) is 22. The second kappa shape index (κ2) is 39.2. The summed E-state index contributed by atoms with van der Waals surface area (Å²) in [6, 6.07) is 35.2. The van der Waals surface area contributed by atoms with Crippen molar-refractivity contribution in [2.45, 2.75) is 177 Å². The third-order valence-corrected chi connectivity index (χ3v) is 26.7. The van der Waals surface area contributed by atoms with Crippen LogP contribution in [0.2, 0.25) is 0 Å². The monoisotopic (exact) mass is 1750 g/mol. The van der Waals surface area contributed by atoms with Gasteiger partial charge in [-0.15, -0.1) is 5.06 Å². The smallest absolute Gasteiger partial charge is 0.748 e. The van der Waals surface area contributed by atoms with Crippen molar-refractivity contribution in [1.82, 2.24) is 5.06 Å². The molecule has 26 nitrogen and oxygen atoms in total. The molecule has 5 aliphatic rings. The number of hydrogen-bond donors (Lipinski definition) is 1. The molecule has 0 radical (unpaired) electrons. The number of aliphatic carboxylic acids is 1. The van der Waals surface area contributed by atoms with Crippen LogP contribution < -0.4 is 39.4 Å². The molecule has 0 saturated carbocycles. The van der Waals surface area contributed by atoms with E-state index in [1.54, 1.807) is 18.2 Å². The van der Waals surface area contributed by atoms with Gasteiger partial charge in [0, 0.05) is 125 Å². The summed E-state index contributed by atoms with van der Waals surface area (Å²) in [5.41, 5.74) is 10.7. The molecule has 0 aromatic heterocycles. The minimum Gasteiger partial charge on any atom is -0.748 e. The third kappa shape index (κ3) is 23.0. The van der Waals surface area contributed by atoms with Crippen LogP contribution >= 0.6 is 0 Å². The second-order valence-electron chi connectivity index (χ2n) is 32.1. The number of carboxylic acid groups (broad SMARTS) is 1. The van der Waals surface area contributed by atoms with E-state index in [0.29, 0.717) is 75.1 Å². The van der Waals surface area contributed by atoms with Crippen molar-refractivity contribution in [1.29, 1.82) is 0 Å². The molecular weight excluding hydrogens is 1650 g/mol. The standard InChI is InChI=1S/C49H53N3O10S2.C39H50N2O11S3.Na/c1-48(2)41(23-9-6-5-7-10-24-42-49(3,4)46-37-22-15-13-20-35(37)27-29-39(46)51(42)31-17-18-32-63(56,57)58)50(38-28-26-34-19-12-14-21-36(34)45(38)48)30-16-8-11-25-44(54)62-52-43(53)33-40(47(52)55)64(59,60)61;1-29-18-20-34-32(27-29)39(4,22-12-8-11-17-37(42)43)36(41(34)24-14-26-54(47,48)49)16-10-7-5-6-9-15-35-38(2,3)31-28-30(55(50,51)52)19-21-33(31)40(35)23-13-25-53(44,45)46;/h5-7,9-10,12-15,19-24,26-29,40H,8,11,16-18,25,30-33H2,1-4H3,(H-,56,57,58,59,60,61);5-7,9-10,15-16,18-21,27-28H,8,11-14,17,22-26H2,1-4H3,(H3-,42,43,44,45,46,47,48,49,50,51,52);/q;;+1/p-3. The van der Waals surface area contributed by atoms with Crippen molar-refractivity contribution in [2.24, 2.45) is 0 Å². The van der Waals surface area contributed by atoms with Gasteiger partial charge in [0.15, 0.2) is 11.4 Å². The van der Waals surface area contributed by atoms with Gasteiger partial charge in [-0.25, -0.2) is 46.9 Å². The van der Waals surface area contributed by atoms with E-state index < -0.39 is 108 Å². The Bertz CT molecular complexity index is 5900. The minimum atomic E-state index is -5.07. The van der Waals surface area contributed by atoms with E-state index >= 15 is 0 Å². The predicted molar refractivity (Wildman–Crippen MR) is 453 cm³/mol. The van der Waals surface area contributed by atoms with E-state index in [0.717, 1.165) is 68.9 Å². The quantitative estimate of drug-likeness (QED) is 0.00953. The second-order valence-corrected chi connectivity index (χ2v) is 39.6. The fourth-order valence-corrected chi connectivity index (χ4v) is 19.5. The van der Waals surface area contributed by atoms with E-state index in [-0.39, 0.29) is 94.7 Å². The van der Waals surface area contributed by atoms with E-state index in [9.17, 15) is 84.0 Å². The Morgan fingerprint density at radius 2 is 1.02 bits per heavy atom. The Kier molecular flexibility index (Phi) is 31.1. The number of carbonyl (C=O) groups excluding carboxylic acids is 3. The number of carbonyl (C=O) groups is 4. The number of anilines is 2. The van der Waals surface area contributed by atoms with Crippen molar-refractivity contribution in [3.63, 3.8) is 0 Å². The van der Waals surface area contributed by atoms with Crippen LogP contribution in [0.5, 0.6) is 0 Å². The fraction of sp³-hybridized carbons (Fsp3) is 0.386. The summed E-state index contributed by atoms with van der Waals surface area (Å²) < 4.78 is 176. The molecule has 6 aromatic carbocycles. The van der Waals surface area contributed by atoms with Crippen LogP contribution in [-0.4, -0.2) is 168 Å². The molecule has 120 heavy (non-hydrogen) atoms. The maximum atomic E-state index is 12.5. The molecule has 0 aliphatic carbocycles. The first kappa shape index (κ1) is 95.2. The Morgan fingerprint density at radius 1 is 0.508 bits per heavy atom. The summed E-state index contributed by atoms with van der Waals surface area (Å²) in [6.45, 7) is 18.3. The summed E-state index contributed by atoms with van der Waals surface area (Å²) in [5, 5.41) is 11.7. The number of imide groups is 1. The summed E-state index contributed by atoms with van der Waals surface area (Å²) in [4.78, 5) is 56.7. The molecule has 5 aliphatic heterocycles. The fourth-order valence-electron chi connectivity index (χ4n) is 16.8. The van der Waals surface area contributed by atoms with Gasteiger partial charge in [-0.05, 0) is 162 Å². The number of nitrogens with zero attached hydrogens (tertiary/aromatic N) is 5. The Labute approximate surface area is 725 Å². The maximum absolute atomic E-state index is 12.5. The number of rotatable bonds is 36. The number of fused-ring (bicyclic) bond motifs is 8. The predicted octanol–water partition coefficient (Wildman–Crippen LogP) is 10.3. The number of benzene rings is 6. The molecule has 2 atom stereocenters. The third-order valence-electron chi connectivity index (χ3n) is 22.5. The van der Waals surface area contributed by atoms with Gasteiger partial charge >= 0.3 is 41.5 Å². The molecule has 1 N–H and O–H groups in total. The molecule has 0 bridgehead atoms. The molecule has 2 unspecified atom stereocenters. The zero-order valence-corrected chi connectivity index (χ0v) is 74.9. The molecule has 11 rings (SSSR count). The minimum absolute atomic E-state index is 0. The van der Waals surface area contributed by atoms with Gasteiger partial charge in [-0.1, -0.05) is 160 Å². The van der Waals surface area contributed by atoms with Gasteiger partial charge in [0.1, 0.15) is 38.6 Å². The molecule has 2 amide bonds. The number of unbranched alkanes of at least 4 members (excludes halogenated alkanes) is 5. The van der Waals surface area contributed by atoms with Gasteiger partial charge in [0.05, 0.1) is 52.5 Å². The van der Waals surface area contributed by atoms with Gasteiger partial charge in [-0.2, -0.15) is 9.15 Å². The Balaban J connectivity index is 0.000000274. The molecule has 0 spiro atoms. The number of carboxylic acids is 1. The SMILES string of the molecule is CC1(C)C(=CC=CC=CC=CC2=[N+](CCCCCC(=O)ON3C(=O)CC(S(=O)(=O)[O-])C3=O)c3ccc4ccccc4c3C2(C)C)N(CCCCS(=O)(=O)[O-])c2ccc3ccccc3c21.Cc1ccc2c(c1)C(C)(CCCCCC(=O)O)C(=CC=CC=CC=CC1=[N+](CCCS(=O)(=O)[O-])c3ccc(S(=O)(=O)[O-])cc3C1(C)C)N2CCCS(=O)(=O)[O-].[Na+]. The van der Waals surface area contributed by atoms with Crippen LogP contribution in [0.1, 0.15) is 166 Å². The molecule has 32 heteroatoms. The summed E-state index contributed by atoms with van der Waals surface area (Å²) >= 11 is 0. The molecule has 5 heterocycles. The van der Waals surface area contributed by atoms with E-state index in [1.807, 2.05) is 116 Å². The van der Waals surface area contributed by atoms with Crippen LogP contribution in [-0.2, 0) is 96.3 Å². The van der Waals surface area contributed by atoms with Crippen LogP contribution in [0.15, 0.2) is 211 Å². The van der Waals surface area contributed by atoms with Gasteiger partial charge in [-0.3, -0.25) is 14.4 Å². The van der Waals surface area contributed by atoms with Crippen LogP contribution in [0, 0.1) is 6.92 Å². The molecule has 6 aromatic rings. The van der Waals surface area contributed by atoms with E-state index in [4.69, 9.17) is 9.94 Å². The van der Waals surface area contributed by atoms with Crippen molar-refractivity contribution in [2.75, 3.05) is 53.2 Å². The zero-order chi connectivity index (χ0) is 86.8. The molecule has 1 fully saturated rings. The van der Waals surface area contributed by atoms with Gasteiger partial charge < -0.3 is 42.5 Å². The largest absolute Gasteiger partial charge is 1.00 e. The number of amides is 2. The van der Waals surface area contributed by atoms with E-state index in [1.165, 1.54) is 40.1 Å². The molecule has 1 saturated heterocycles. The first-order valence-corrected chi connectivity index (χ1v) is 47.1.